The molecule has 1 aromatic carbocycles. The molecule has 0 aliphatic rings. The summed E-state index contributed by atoms with van der Waals surface area (Å²) in [5.41, 5.74) is 9.81. The molecule has 6 nitrogen and oxygen atoms in total. The molecule has 0 aliphatic heterocycles. The van der Waals surface area contributed by atoms with Crippen LogP contribution in [0, 0.1) is 0 Å². The van der Waals surface area contributed by atoms with Crippen LogP contribution in [0.1, 0.15) is 12.6 Å². The molecular weight excluding hydrogens is 254 g/mol. The maximum atomic E-state index is 6.08. The number of nitrogens with zero attached hydrogens (tertiary/aromatic N) is 4. The van der Waals surface area contributed by atoms with Crippen molar-refractivity contribution in [2.24, 2.45) is 7.05 Å². The lowest BCUT2D eigenvalue weighted by molar-refractivity contribution is 0.415. The minimum Gasteiger partial charge on any atom is -0.497 e. The zero-order valence-corrected chi connectivity index (χ0v) is 11.8. The van der Waals surface area contributed by atoms with E-state index in [9.17, 15) is 0 Å². The van der Waals surface area contributed by atoms with Crippen LogP contribution in [0.2, 0.25) is 0 Å². The quantitative estimate of drug-likeness (QED) is 0.790. The molecule has 6 heteroatoms. The largest absolute Gasteiger partial charge is 0.497 e. The molecule has 104 valence electrons. The Labute approximate surface area is 116 Å². The molecule has 0 amide bonds. The molecule has 0 atom stereocenters. The van der Waals surface area contributed by atoms with E-state index in [4.69, 9.17) is 10.5 Å². The van der Waals surface area contributed by atoms with Gasteiger partial charge in [0, 0.05) is 19.3 Å². The second kappa shape index (κ2) is 4.56. The number of hydrogen-bond acceptors (Lipinski definition) is 4. The average molecular weight is 271 g/mol. The van der Waals surface area contributed by atoms with Gasteiger partial charge in [-0.1, -0.05) is 6.92 Å². The molecule has 0 radical (unpaired) electrons. The fourth-order valence-electron chi connectivity index (χ4n) is 2.42. The van der Waals surface area contributed by atoms with Crippen LogP contribution in [0.5, 0.6) is 5.75 Å². The second-order valence-electron chi connectivity index (χ2n) is 4.65. The van der Waals surface area contributed by atoms with Gasteiger partial charge >= 0.3 is 0 Å². The highest BCUT2D eigenvalue weighted by atomic mass is 16.5. The van der Waals surface area contributed by atoms with Crippen molar-refractivity contribution in [1.82, 2.24) is 19.3 Å². The zero-order chi connectivity index (χ0) is 14.3. The first-order chi connectivity index (χ1) is 9.63. The van der Waals surface area contributed by atoms with E-state index in [0.29, 0.717) is 5.95 Å². The van der Waals surface area contributed by atoms with Gasteiger partial charge in [-0.05, 0) is 18.6 Å². The Bertz CT molecular complexity index is 771. The van der Waals surface area contributed by atoms with E-state index in [0.717, 1.165) is 34.6 Å². The number of aryl methyl sites for hydroxylation is 2. The van der Waals surface area contributed by atoms with E-state index >= 15 is 0 Å². The Morgan fingerprint density at radius 2 is 2.15 bits per heavy atom. The van der Waals surface area contributed by atoms with Crippen LogP contribution in [0.15, 0.2) is 24.4 Å². The summed E-state index contributed by atoms with van der Waals surface area (Å²) in [7, 11) is 3.54. The Kier molecular flexibility index (Phi) is 2.85. The Morgan fingerprint density at radius 1 is 1.35 bits per heavy atom. The zero-order valence-electron chi connectivity index (χ0n) is 11.8. The second-order valence-corrected chi connectivity index (χ2v) is 4.65. The maximum Gasteiger partial charge on any atom is 0.206 e. The van der Waals surface area contributed by atoms with Gasteiger partial charge in [-0.25, -0.2) is 4.98 Å². The van der Waals surface area contributed by atoms with E-state index < -0.39 is 0 Å². The summed E-state index contributed by atoms with van der Waals surface area (Å²) in [6, 6.07) is 5.75. The molecule has 0 fully saturated rings. The number of methoxy groups -OCH3 is 1. The predicted octanol–water partition coefficient (Wildman–Crippen LogP) is 1.91. The first kappa shape index (κ1) is 12.5. The summed E-state index contributed by atoms with van der Waals surface area (Å²) < 4.78 is 8.95. The monoisotopic (exact) mass is 271 g/mol. The van der Waals surface area contributed by atoms with Crippen molar-refractivity contribution in [3.05, 3.63) is 30.1 Å². The van der Waals surface area contributed by atoms with Crippen molar-refractivity contribution in [2.75, 3.05) is 12.8 Å². The Hall–Kier alpha value is -2.50. The SMILES string of the molecule is CCc1nn(C)cc1-n1c(N)nc2cc(OC)ccc21. The number of imidazole rings is 1. The van der Waals surface area contributed by atoms with Gasteiger partial charge in [0.15, 0.2) is 0 Å². The van der Waals surface area contributed by atoms with Gasteiger partial charge in [-0.2, -0.15) is 5.10 Å². The van der Waals surface area contributed by atoms with E-state index in [1.807, 2.05) is 36.0 Å². The van der Waals surface area contributed by atoms with Crippen molar-refractivity contribution < 1.29 is 4.74 Å². The predicted molar refractivity (Wildman–Crippen MR) is 78.2 cm³/mol. The third kappa shape index (κ3) is 1.80. The summed E-state index contributed by atoms with van der Waals surface area (Å²) >= 11 is 0. The highest BCUT2D eigenvalue weighted by Crippen LogP contribution is 2.27. The van der Waals surface area contributed by atoms with Crippen molar-refractivity contribution in [3.63, 3.8) is 0 Å². The molecular formula is C14H17N5O. The van der Waals surface area contributed by atoms with Crippen LogP contribution in [-0.2, 0) is 13.5 Å². The molecule has 2 N–H and O–H groups in total. The summed E-state index contributed by atoms with van der Waals surface area (Å²) in [6.07, 6.45) is 2.80. The van der Waals surface area contributed by atoms with Crippen molar-refractivity contribution in [3.8, 4) is 11.4 Å². The lowest BCUT2D eigenvalue weighted by Crippen LogP contribution is -2.02. The van der Waals surface area contributed by atoms with Crippen molar-refractivity contribution in [2.45, 2.75) is 13.3 Å². The summed E-state index contributed by atoms with van der Waals surface area (Å²) in [5.74, 6) is 1.22. The van der Waals surface area contributed by atoms with Crippen LogP contribution >= 0.6 is 0 Å². The van der Waals surface area contributed by atoms with Gasteiger partial charge < -0.3 is 10.5 Å². The topological polar surface area (TPSA) is 70.9 Å². The number of aromatic nitrogens is 4. The molecule has 20 heavy (non-hydrogen) atoms. The van der Waals surface area contributed by atoms with Crippen LogP contribution in [0.4, 0.5) is 5.95 Å². The van der Waals surface area contributed by atoms with Crippen LogP contribution < -0.4 is 10.5 Å². The molecule has 0 bridgehead atoms. The molecule has 2 heterocycles. The van der Waals surface area contributed by atoms with Crippen LogP contribution in [-0.4, -0.2) is 26.4 Å². The first-order valence-electron chi connectivity index (χ1n) is 6.49. The number of rotatable bonds is 3. The number of anilines is 1. The van der Waals surface area contributed by atoms with Crippen LogP contribution in [0.3, 0.4) is 0 Å². The summed E-state index contributed by atoms with van der Waals surface area (Å²) in [6.45, 7) is 2.07. The van der Waals surface area contributed by atoms with E-state index in [1.165, 1.54) is 0 Å². The van der Waals surface area contributed by atoms with Crippen LogP contribution in [0.25, 0.3) is 16.7 Å². The first-order valence-corrected chi connectivity index (χ1v) is 6.49. The minimum absolute atomic E-state index is 0.455. The number of hydrogen-bond donors (Lipinski definition) is 1. The summed E-state index contributed by atoms with van der Waals surface area (Å²) in [4.78, 5) is 4.41. The average Bonchev–Trinajstić information content (AvgIpc) is 2.96. The number of nitrogens with two attached hydrogens (primary N) is 1. The normalized spacial score (nSPS) is 11.2. The van der Waals surface area contributed by atoms with E-state index in [1.54, 1.807) is 11.8 Å². The van der Waals surface area contributed by atoms with Gasteiger partial charge in [-0.3, -0.25) is 9.25 Å². The molecule has 0 spiro atoms. The lowest BCUT2D eigenvalue weighted by Gasteiger charge is -2.05. The van der Waals surface area contributed by atoms with Gasteiger partial charge in [0.1, 0.15) is 5.75 Å². The maximum absolute atomic E-state index is 6.08. The number of ether oxygens (including phenoxy) is 1. The number of fused-ring (bicyclic) bond motifs is 1. The molecule has 2 aromatic heterocycles. The van der Waals surface area contributed by atoms with Gasteiger partial charge in [-0.15, -0.1) is 0 Å². The van der Waals surface area contributed by atoms with Gasteiger partial charge in [0.25, 0.3) is 0 Å². The molecule has 3 aromatic rings. The lowest BCUT2D eigenvalue weighted by atomic mass is 10.2. The van der Waals surface area contributed by atoms with E-state index in [2.05, 4.69) is 17.0 Å². The number of nitrogen functional groups attached to an aromatic ring is 1. The third-order valence-corrected chi connectivity index (χ3v) is 3.35. The Morgan fingerprint density at radius 3 is 2.85 bits per heavy atom. The molecule has 0 unspecified atom stereocenters. The highest BCUT2D eigenvalue weighted by molar-refractivity contribution is 5.82. The Balaban J connectivity index is 2.27. The highest BCUT2D eigenvalue weighted by Gasteiger charge is 2.15. The van der Waals surface area contributed by atoms with E-state index in [-0.39, 0.29) is 0 Å². The molecule has 0 saturated carbocycles. The van der Waals surface area contributed by atoms with Gasteiger partial charge in [0.2, 0.25) is 5.95 Å². The van der Waals surface area contributed by atoms with Crippen molar-refractivity contribution >= 4 is 17.0 Å². The van der Waals surface area contributed by atoms with Crippen molar-refractivity contribution in [1.29, 1.82) is 0 Å². The van der Waals surface area contributed by atoms with Gasteiger partial charge in [0.05, 0.1) is 29.5 Å². The molecule has 0 saturated heterocycles. The number of benzene rings is 1. The third-order valence-electron chi connectivity index (χ3n) is 3.35. The standard InChI is InChI=1S/C14H17N5O/c1-4-10-13(8-18(2)17-10)19-12-6-5-9(20-3)7-11(12)16-14(19)15/h5-8H,4H2,1-3H3,(H2,15,16). The fourth-order valence-corrected chi connectivity index (χ4v) is 2.42. The summed E-state index contributed by atoms with van der Waals surface area (Å²) in [5, 5.41) is 4.45. The molecule has 3 rings (SSSR count). The molecule has 0 aliphatic carbocycles. The fraction of sp³-hybridized carbons (Fsp3) is 0.286. The smallest absolute Gasteiger partial charge is 0.206 e. The minimum atomic E-state index is 0.455.